The number of carboxylic acids is 1. The Labute approximate surface area is 118 Å². The number of aromatic nitrogens is 1. The molecule has 0 spiro atoms. The number of aromatic carboxylic acids is 1. The van der Waals surface area contributed by atoms with Gasteiger partial charge >= 0.3 is 5.97 Å². The summed E-state index contributed by atoms with van der Waals surface area (Å²) in [6.45, 7) is 4.66. The zero-order chi connectivity index (χ0) is 14.8. The summed E-state index contributed by atoms with van der Waals surface area (Å²) in [4.78, 5) is 11.2. The van der Waals surface area contributed by atoms with E-state index in [0.717, 1.165) is 30.3 Å². The van der Waals surface area contributed by atoms with Gasteiger partial charge in [-0.15, -0.1) is 0 Å². The van der Waals surface area contributed by atoms with Crippen LogP contribution in [0.15, 0.2) is 30.5 Å². The number of carbonyl (C=O) groups is 1. The van der Waals surface area contributed by atoms with Gasteiger partial charge in [0.15, 0.2) is 0 Å². The minimum Gasteiger partial charge on any atom is -0.478 e. The van der Waals surface area contributed by atoms with Crippen molar-refractivity contribution in [1.82, 2.24) is 4.57 Å². The molecule has 0 radical (unpaired) electrons. The Balaban J connectivity index is 2.19. The van der Waals surface area contributed by atoms with E-state index in [4.69, 9.17) is 10.4 Å². The van der Waals surface area contributed by atoms with E-state index in [-0.39, 0.29) is 5.41 Å². The van der Waals surface area contributed by atoms with E-state index < -0.39 is 5.97 Å². The maximum Gasteiger partial charge on any atom is 0.336 e. The first-order chi connectivity index (χ1) is 9.44. The van der Waals surface area contributed by atoms with Gasteiger partial charge < -0.3 is 9.67 Å². The van der Waals surface area contributed by atoms with E-state index in [1.165, 1.54) is 0 Å². The molecule has 1 aromatic carbocycles. The molecule has 20 heavy (non-hydrogen) atoms. The first kappa shape index (κ1) is 14.1. The highest BCUT2D eigenvalue weighted by Crippen LogP contribution is 2.24. The monoisotopic (exact) mass is 270 g/mol. The molecule has 0 unspecified atom stereocenters. The van der Waals surface area contributed by atoms with E-state index in [0.29, 0.717) is 5.56 Å². The number of nitrogens with zero attached hydrogens (tertiary/aromatic N) is 2. The maximum atomic E-state index is 11.2. The van der Waals surface area contributed by atoms with Crippen LogP contribution in [0.2, 0.25) is 0 Å². The van der Waals surface area contributed by atoms with Crippen molar-refractivity contribution in [3.8, 4) is 6.07 Å². The predicted molar refractivity (Wildman–Crippen MR) is 77.5 cm³/mol. The number of aryl methyl sites for hydroxylation is 1. The van der Waals surface area contributed by atoms with Crippen LogP contribution >= 0.6 is 0 Å². The lowest BCUT2D eigenvalue weighted by Crippen LogP contribution is -2.09. The van der Waals surface area contributed by atoms with Crippen molar-refractivity contribution in [3.05, 3.63) is 36.0 Å². The predicted octanol–water partition coefficient (Wildman–Crippen LogP) is 3.67. The standard InChI is InChI=1S/C16H18N2O2/c1-16(2,11-17)8-4-9-18-10-7-12-13(15(19)20)5-3-6-14(12)18/h3,5-7,10H,4,8-9H2,1-2H3,(H,19,20). The van der Waals surface area contributed by atoms with Gasteiger partial charge in [-0.1, -0.05) is 6.07 Å². The second-order valence-corrected chi connectivity index (χ2v) is 5.65. The Hall–Kier alpha value is -2.28. The first-order valence-corrected chi connectivity index (χ1v) is 6.67. The number of fused-ring (bicyclic) bond motifs is 1. The second-order valence-electron chi connectivity index (χ2n) is 5.65. The average molecular weight is 270 g/mol. The zero-order valence-corrected chi connectivity index (χ0v) is 11.8. The summed E-state index contributed by atoms with van der Waals surface area (Å²) >= 11 is 0. The van der Waals surface area contributed by atoms with Crippen molar-refractivity contribution in [3.63, 3.8) is 0 Å². The molecule has 1 heterocycles. The topological polar surface area (TPSA) is 66.0 Å². The van der Waals surface area contributed by atoms with Crippen LogP contribution in [0.1, 0.15) is 37.0 Å². The smallest absolute Gasteiger partial charge is 0.336 e. The average Bonchev–Trinajstić information content (AvgIpc) is 2.82. The quantitative estimate of drug-likeness (QED) is 0.901. The minimum absolute atomic E-state index is 0.310. The number of hydrogen-bond donors (Lipinski definition) is 1. The van der Waals surface area contributed by atoms with Gasteiger partial charge in [0.25, 0.3) is 0 Å². The Bertz CT molecular complexity index is 677. The third-order valence-electron chi connectivity index (χ3n) is 3.55. The minimum atomic E-state index is -0.904. The first-order valence-electron chi connectivity index (χ1n) is 6.67. The summed E-state index contributed by atoms with van der Waals surface area (Å²) in [6, 6.07) is 9.45. The van der Waals surface area contributed by atoms with Crippen LogP contribution in [0.4, 0.5) is 0 Å². The van der Waals surface area contributed by atoms with Crippen molar-refractivity contribution < 1.29 is 9.90 Å². The van der Waals surface area contributed by atoms with Crippen LogP contribution in [-0.4, -0.2) is 15.6 Å². The molecule has 0 saturated heterocycles. The molecule has 0 fully saturated rings. The molecule has 0 atom stereocenters. The summed E-state index contributed by atoms with van der Waals surface area (Å²) in [7, 11) is 0. The Morgan fingerprint density at radius 2 is 2.15 bits per heavy atom. The van der Waals surface area contributed by atoms with Crippen LogP contribution in [0.25, 0.3) is 10.9 Å². The number of nitriles is 1. The highest BCUT2D eigenvalue weighted by molar-refractivity contribution is 6.02. The van der Waals surface area contributed by atoms with Crippen molar-refractivity contribution >= 4 is 16.9 Å². The zero-order valence-electron chi connectivity index (χ0n) is 11.8. The van der Waals surface area contributed by atoms with E-state index in [1.54, 1.807) is 12.1 Å². The molecule has 1 N–H and O–H groups in total. The van der Waals surface area contributed by atoms with E-state index >= 15 is 0 Å². The fourth-order valence-electron chi connectivity index (χ4n) is 2.35. The molecule has 1 aromatic heterocycles. The molecule has 0 aliphatic heterocycles. The Morgan fingerprint density at radius 1 is 1.40 bits per heavy atom. The van der Waals surface area contributed by atoms with Gasteiger partial charge in [0.2, 0.25) is 0 Å². The van der Waals surface area contributed by atoms with Crippen molar-refractivity contribution in [2.75, 3.05) is 0 Å². The molecule has 0 amide bonds. The summed E-state index contributed by atoms with van der Waals surface area (Å²) in [5, 5.41) is 18.9. The molecule has 2 rings (SSSR count). The molecule has 4 nitrogen and oxygen atoms in total. The fraction of sp³-hybridized carbons (Fsp3) is 0.375. The lowest BCUT2D eigenvalue weighted by Gasteiger charge is -2.15. The lowest BCUT2D eigenvalue weighted by atomic mass is 9.90. The summed E-state index contributed by atoms with van der Waals surface area (Å²) in [6.07, 6.45) is 3.62. The van der Waals surface area contributed by atoms with Gasteiger partial charge in [-0.05, 0) is 44.9 Å². The summed E-state index contributed by atoms with van der Waals surface area (Å²) in [5.74, 6) is -0.904. The molecule has 0 aliphatic rings. The third-order valence-corrected chi connectivity index (χ3v) is 3.55. The molecule has 0 aliphatic carbocycles. The Kier molecular flexibility index (Phi) is 3.80. The van der Waals surface area contributed by atoms with E-state index in [1.807, 2.05) is 32.2 Å². The highest BCUT2D eigenvalue weighted by Gasteiger charge is 2.16. The number of carboxylic acid groups (broad SMARTS) is 1. The summed E-state index contributed by atoms with van der Waals surface area (Å²) in [5.41, 5.74) is 0.952. The molecule has 2 aromatic rings. The Morgan fingerprint density at radius 3 is 2.80 bits per heavy atom. The molecular weight excluding hydrogens is 252 g/mol. The van der Waals surface area contributed by atoms with Crippen molar-refractivity contribution in [2.24, 2.45) is 5.41 Å². The largest absolute Gasteiger partial charge is 0.478 e. The fourth-order valence-corrected chi connectivity index (χ4v) is 2.35. The van der Waals surface area contributed by atoms with E-state index in [9.17, 15) is 4.79 Å². The maximum absolute atomic E-state index is 11.2. The van der Waals surface area contributed by atoms with Crippen LogP contribution in [0.3, 0.4) is 0 Å². The van der Waals surface area contributed by atoms with Crippen LogP contribution in [0, 0.1) is 16.7 Å². The molecule has 0 saturated carbocycles. The number of hydrogen-bond acceptors (Lipinski definition) is 2. The summed E-state index contributed by atoms with van der Waals surface area (Å²) < 4.78 is 2.05. The SMILES string of the molecule is CC(C)(C#N)CCCn1ccc2c(C(=O)O)cccc21. The van der Waals surface area contributed by atoms with Gasteiger partial charge in [-0.3, -0.25) is 0 Å². The second kappa shape index (κ2) is 5.38. The van der Waals surface area contributed by atoms with Crippen molar-refractivity contribution in [2.45, 2.75) is 33.2 Å². The van der Waals surface area contributed by atoms with Crippen LogP contribution in [-0.2, 0) is 6.54 Å². The molecule has 4 heteroatoms. The lowest BCUT2D eigenvalue weighted by molar-refractivity contribution is 0.0699. The van der Waals surface area contributed by atoms with Crippen molar-refractivity contribution in [1.29, 1.82) is 5.26 Å². The number of benzene rings is 1. The van der Waals surface area contributed by atoms with Crippen LogP contribution in [0.5, 0.6) is 0 Å². The van der Waals surface area contributed by atoms with Gasteiger partial charge in [0, 0.05) is 23.6 Å². The van der Waals surface area contributed by atoms with Gasteiger partial charge in [-0.2, -0.15) is 5.26 Å². The van der Waals surface area contributed by atoms with Gasteiger partial charge in [0.1, 0.15) is 0 Å². The number of rotatable bonds is 5. The van der Waals surface area contributed by atoms with E-state index in [2.05, 4.69) is 10.6 Å². The van der Waals surface area contributed by atoms with Crippen LogP contribution < -0.4 is 0 Å². The molecular formula is C16H18N2O2. The molecule has 0 bridgehead atoms. The van der Waals surface area contributed by atoms with Gasteiger partial charge in [0.05, 0.1) is 17.0 Å². The highest BCUT2D eigenvalue weighted by atomic mass is 16.4. The third kappa shape index (κ3) is 2.83. The van der Waals surface area contributed by atoms with Gasteiger partial charge in [-0.25, -0.2) is 4.79 Å². The molecule has 104 valence electrons. The normalized spacial score (nSPS) is 11.4.